The van der Waals surface area contributed by atoms with Crippen molar-refractivity contribution in [1.82, 2.24) is 0 Å². The number of thioether (sulfide) groups is 1. The molecule has 3 rings (SSSR count). The molecule has 2 aliphatic rings. The number of aliphatic hydroxyl groups excluding tert-OH is 2. The van der Waals surface area contributed by atoms with Gasteiger partial charge in [0.05, 0.1) is 18.8 Å². The Balaban J connectivity index is 1.76. The van der Waals surface area contributed by atoms with Gasteiger partial charge >= 0.3 is 0 Å². The average Bonchev–Trinajstić information content (AvgIpc) is 2.65. The van der Waals surface area contributed by atoms with Crippen molar-refractivity contribution in [2.45, 2.75) is 73.6 Å². The van der Waals surface area contributed by atoms with Crippen LogP contribution in [0.25, 0.3) is 0 Å². The summed E-state index contributed by atoms with van der Waals surface area (Å²) in [5.41, 5.74) is 1.25. The lowest BCUT2D eigenvalue weighted by Crippen LogP contribution is -2.58. The van der Waals surface area contributed by atoms with E-state index in [4.69, 9.17) is 9.84 Å². The fourth-order valence-corrected chi connectivity index (χ4v) is 6.20. The maximum atomic E-state index is 9.79. The zero-order valence-electron chi connectivity index (χ0n) is 14.5. The van der Waals surface area contributed by atoms with Crippen LogP contribution in [0.1, 0.15) is 56.9 Å². The number of ether oxygens (including phenoxy) is 1. The molecule has 0 radical (unpaired) electrons. The third-order valence-electron chi connectivity index (χ3n) is 5.77. The highest BCUT2D eigenvalue weighted by Gasteiger charge is 2.55. The molecule has 0 spiro atoms. The molecule has 2 aliphatic carbocycles. The van der Waals surface area contributed by atoms with Gasteiger partial charge in [-0.2, -0.15) is 0 Å². The van der Waals surface area contributed by atoms with Gasteiger partial charge < -0.3 is 14.9 Å². The summed E-state index contributed by atoms with van der Waals surface area (Å²) < 4.78 is 6.55. The fourth-order valence-electron chi connectivity index (χ4n) is 4.46. The van der Waals surface area contributed by atoms with Crippen LogP contribution in [0.3, 0.4) is 0 Å². The quantitative estimate of drug-likeness (QED) is 0.783. The SMILES string of the molecule is OCC(O)COC12CCCCC1(SCc1ccccc1)CCCC2. The molecule has 3 nitrogen and oxygen atoms in total. The van der Waals surface area contributed by atoms with Gasteiger partial charge in [-0.05, 0) is 31.2 Å². The molecule has 1 aromatic rings. The first kappa shape index (κ1) is 18.2. The molecule has 0 saturated heterocycles. The summed E-state index contributed by atoms with van der Waals surface area (Å²) in [6.07, 6.45) is 8.80. The molecule has 24 heavy (non-hydrogen) atoms. The first-order chi connectivity index (χ1) is 11.7. The lowest BCUT2D eigenvalue weighted by atomic mass is 9.66. The molecule has 0 bridgehead atoms. The summed E-state index contributed by atoms with van der Waals surface area (Å²) in [6, 6.07) is 10.7. The van der Waals surface area contributed by atoms with Crippen LogP contribution in [-0.2, 0) is 10.5 Å². The Morgan fingerprint density at radius 3 is 2.25 bits per heavy atom. The molecule has 134 valence electrons. The Hall–Kier alpha value is -0.550. The third kappa shape index (κ3) is 3.82. The normalized spacial score (nSPS) is 31.4. The van der Waals surface area contributed by atoms with Gasteiger partial charge in [-0.15, -0.1) is 11.8 Å². The zero-order chi connectivity index (χ0) is 16.9. The minimum absolute atomic E-state index is 0.126. The number of hydrogen-bond donors (Lipinski definition) is 2. The van der Waals surface area contributed by atoms with E-state index in [-0.39, 0.29) is 23.6 Å². The fraction of sp³-hybridized carbons (Fsp3) is 0.700. The van der Waals surface area contributed by atoms with Crippen molar-refractivity contribution >= 4 is 11.8 Å². The van der Waals surface area contributed by atoms with E-state index in [1.807, 2.05) is 0 Å². The minimum Gasteiger partial charge on any atom is -0.394 e. The maximum Gasteiger partial charge on any atom is 0.100 e. The monoisotopic (exact) mass is 350 g/mol. The van der Waals surface area contributed by atoms with Crippen molar-refractivity contribution in [1.29, 1.82) is 0 Å². The van der Waals surface area contributed by atoms with Gasteiger partial charge in [0.1, 0.15) is 6.10 Å². The molecule has 0 amide bonds. The highest BCUT2D eigenvalue weighted by Crippen LogP contribution is 2.57. The minimum atomic E-state index is -0.764. The lowest BCUT2D eigenvalue weighted by Gasteiger charge is -2.56. The van der Waals surface area contributed by atoms with Crippen LogP contribution in [-0.4, -0.2) is 39.9 Å². The van der Waals surface area contributed by atoms with E-state index in [0.29, 0.717) is 0 Å². The van der Waals surface area contributed by atoms with Crippen LogP contribution < -0.4 is 0 Å². The zero-order valence-corrected chi connectivity index (χ0v) is 15.3. The number of aliphatic hydroxyl groups is 2. The summed E-state index contributed by atoms with van der Waals surface area (Å²) in [5.74, 6) is 1.02. The Labute approximate surface area is 149 Å². The molecule has 0 heterocycles. The Kier molecular flexibility index (Phi) is 6.25. The highest BCUT2D eigenvalue weighted by molar-refractivity contribution is 8.00. The number of rotatable bonds is 7. The van der Waals surface area contributed by atoms with Crippen molar-refractivity contribution < 1.29 is 14.9 Å². The first-order valence-corrected chi connectivity index (χ1v) is 10.3. The van der Waals surface area contributed by atoms with Gasteiger partial charge in [0, 0.05) is 10.5 Å². The predicted molar refractivity (Wildman–Crippen MR) is 99.2 cm³/mol. The van der Waals surface area contributed by atoms with Crippen LogP contribution in [0.2, 0.25) is 0 Å². The summed E-state index contributed by atoms with van der Waals surface area (Å²) in [4.78, 5) is 0. The van der Waals surface area contributed by atoms with E-state index in [2.05, 4.69) is 42.1 Å². The maximum absolute atomic E-state index is 9.79. The van der Waals surface area contributed by atoms with E-state index in [0.717, 1.165) is 18.6 Å². The second-order valence-electron chi connectivity index (χ2n) is 7.32. The third-order valence-corrected chi connectivity index (χ3v) is 7.58. The van der Waals surface area contributed by atoms with E-state index >= 15 is 0 Å². The Morgan fingerprint density at radius 2 is 1.62 bits per heavy atom. The molecule has 0 aliphatic heterocycles. The lowest BCUT2D eigenvalue weighted by molar-refractivity contribution is -0.138. The molecule has 1 unspecified atom stereocenters. The Morgan fingerprint density at radius 1 is 1.00 bits per heavy atom. The largest absolute Gasteiger partial charge is 0.394 e. The number of fused-ring (bicyclic) bond motifs is 1. The van der Waals surface area contributed by atoms with E-state index < -0.39 is 6.10 Å². The van der Waals surface area contributed by atoms with Gasteiger partial charge in [-0.3, -0.25) is 0 Å². The summed E-state index contributed by atoms with van der Waals surface area (Å²) in [7, 11) is 0. The van der Waals surface area contributed by atoms with Crippen LogP contribution in [0.4, 0.5) is 0 Å². The van der Waals surface area contributed by atoms with Crippen molar-refractivity contribution in [2.24, 2.45) is 0 Å². The topological polar surface area (TPSA) is 49.7 Å². The molecule has 0 aromatic heterocycles. The summed E-state index contributed by atoms with van der Waals surface area (Å²) >= 11 is 2.07. The van der Waals surface area contributed by atoms with Crippen molar-refractivity contribution in [2.75, 3.05) is 13.2 Å². The molecule has 2 N–H and O–H groups in total. The van der Waals surface area contributed by atoms with Gasteiger partial charge in [0.15, 0.2) is 0 Å². The van der Waals surface area contributed by atoms with Gasteiger partial charge in [-0.25, -0.2) is 0 Å². The first-order valence-electron chi connectivity index (χ1n) is 9.30. The second-order valence-corrected chi connectivity index (χ2v) is 8.68. The molecular weight excluding hydrogens is 320 g/mol. The average molecular weight is 351 g/mol. The smallest absolute Gasteiger partial charge is 0.100 e. The van der Waals surface area contributed by atoms with Crippen LogP contribution in [0, 0.1) is 0 Å². The molecular formula is C20H30O3S. The van der Waals surface area contributed by atoms with Gasteiger partial charge in [-0.1, -0.05) is 56.0 Å². The van der Waals surface area contributed by atoms with Gasteiger partial charge in [0.25, 0.3) is 0 Å². The van der Waals surface area contributed by atoms with Crippen molar-refractivity contribution in [3.05, 3.63) is 35.9 Å². The molecule has 2 fully saturated rings. The summed E-state index contributed by atoms with van der Waals surface area (Å²) in [6.45, 7) is 0.0321. The summed E-state index contributed by atoms with van der Waals surface area (Å²) in [5, 5.41) is 18.9. The molecule has 1 aromatic carbocycles. The second kappa shape index (κ2) is 8.22. The predicted octanol–water partition coefficient (Wildman–Crippen LogP) is 3.92. The molecule has 4 heteroatoms. The standard InChI is InChI=1S/C20H30O3S/c21-14-18(22)15-23-19-10-4-6-12-20(19,13-7-5-11-19)24-16-17-8-2-1-3-9-17/h1-3,8-9,18,21-22H,4-7,10-16H2. The van der Waals surface area contributed by atoms with Crippen LogP contribution >= 0.6 is 11.8 Å². The number of benzene rings is 1. The van der Waals surface area contributed by atoms with E-state index in [9.17, 15) is 5.11 Å². The highest BCUT2D eigenvalue weighted by atomic mass is 32.2. The molecule has 2 saturated carbocycles. The molecule has 1 atom stereocenters. The van der Waals surface area contributed by atoms with Crippen LogP contribution in [0.5, 0.6) is 0 Å². The Bertz CT molecular complexity index is 493. The van der Waals surface area contributed by atoms with E-state index in [1.54, 1.807) is 0 Å². The van der Waals surface area contributed by atoms with Crippen LogP contribution in [0.15, 0.2) is 30.3 Å². The van der Waals surface area contributed by atoms with Gasteiger partial charge in [0.2, 0.25) is 0 Å². The van der Waals surface area contributed by atoms with Crippen molar-refractivity contribution in [3.8, 4) is 0 Å². The number of hydrogen-bond acceptors (Lipinski definition) is 4. The van der Waals surface area contributed by atoms with E-state index in [1.165, 1.54) is 44.1 Å². The van der Waals surface area contributed by atoms with Crippen molar-refractivity contribution in [3.63, 3.8) is 0 Å².